The summed E-state index contributed by atoms with van der Waals surface area (Å²) >= 11 is 0. The van der Waals surface area contributed by atoms with Gasteiger partial charge in [0.2, 0.25) is 0 Å². The Kier molecular flexibility index (Phi) is 52.4. The van der Waals surface area contributed by atoms with Crippen molar-refractivity contribution >= 4 is 0 Å². The van der Waals surface area contributed by atoms with Crippen molar-refractivity contribution in [2.24, 2.45) is 92.7 Å². The maximum absolute atomic E-state index is 10.3. The van der Waals surface area contributed by atoms with Crippen LogP contribution in [0.25, 0.3) is 0 Å². The van der Waals surface area contributed by atoms with E-state index in [2.05, 4.69) is 139 Å². The second-order valence-corrected chi connectivity index (χ2v) is 43.3. The molecular formula is C110H201NO7. The Labute approximate surface area is 734 Å². The highest BCUT2D eigenvalue weighted by Gasteiger charge is 2.61. The average Bonchev–Trinajstić information content (AvgIpc) is 1.26. The van der Waals surface area contributed by atoms with Gasteiger partial charge in [-0.2, -0.15) is 0 Å². The van der Waals surface area contributed by atoms with Crippen LogP contribution in [0, 0.1) is 92.7 Å². The first-order chi connectivity index (χ1) is 57.3. The van der Waals surface area contributed by atoms with Gasteiger partial charge in [0, 0.05) is 39.6 Å². The standard InChI is InChI=1S/C56H103NO3.C54H98O4/c1-9-10-11-12-13-14-15-16-17-18-19-20-21-22-23-26-40-58-44-49(57(7)8)45-59-41-27-24-25-28-42-60-50-36-38-55(5)48(43-50)32-33-51-53-35-34-52(47(4)31-29-30-46(2)3)56(53,6)39-37-54(51)55;1-7-8-9-10-11-12-13-14-15-16-17-18-19-20-21-24-38-56-42-47(55)43-57-39-25-22-23-26-40-58-48-34-36-53(5)46(41-48)30-31-49-51-33-32-50(45(4)29-27-28-44(2)3)54(51,6)37-35-52(49)53/h16-17,32,46-47,49-54H,9-15,18-31,33-45H2,1-8H3;14-15,30,44-45,47-52,55H,7-13,16-29,31-43H2,1-6H3/b17-16-;15-14-/t47-,49+,50+,51+,52-,53?,54?,55+,56-;45-,47-,48+,49+,50-,51?,52?,53+,54-/m11/s1. The van der Waals surface area contributed by atoms with Gasteiger partial charge in [0.25, 0.3) is 0 Å². The number of rotatable bonds is 67. The third-order valence-corrected chi connectivity index (χ3v) is 33.2. The molecule has 0 radical (unpaired) electrons. The van der Waals surface area contributed by atoms with Crippen molar-refractivity contribution in [1.82, 2.24) is 4.90 Å². The smallest absolute Gasteiger partial charge is 0.101 e. The fraction of sp³-hybridized carbons (Fsp3) is 0.927. The summed E-state index contributed by atoms with van der Waals surface area (Å²) < 4.78 is 36.9. The van der Waals surface area contributed by atoms with E-state index in [4.69, 9.17) is 28.4 Å². The molecule has 8 aliphatic rings. The van der Waals surface area contributed by atoms with Gasteiger partial charge in [-0.1, -0.05) is 310 Å². The predicted octanol–water partition coefficient (Wildman–Crippen LogP) is 31.4. The molecule has 118 heavy (non-hydrogen) atoms. The summed E-state index contributed by atoms with van der Waals surface area (Å²) in [5.74, 6) is 10.9. The zero-order chi connectivity index (χ0) is 84.5. The SMILES string of the molecule is CCCCCCCC/C=C\CCCCCCCCOC[C@@H](COCCCCCCO[C@H]1CC[C@@]2(C)C(=CC[C@@H]3C2CC[C@@]2(C)C3CC[C@@H]2[C@H](C)CCCC(C)C)C1)N(C)C.CCCCCCCC/C=C\CCCCCCCCOC[C@@H](O)COCCCCCCO[C@H]1CC[C@@]2(C)C(=CC[C@@H]3C2CC[C@@]2(C)C3CC[C@@H]2[C@H](C)CCCC(C)C)C1. The number of allylic oxidation sites excluding steroid dienone is 6. The Balaban J connectivity index is 0.000000326. The lowest BCUT2D eigenvalue weighted by molar-refractivity contribution is -0.0641. The van der Waals surface area contributed by atoms with E-state index in [1.807, 2.05) is 0 Å². The van der Waals surface area contributed by atoms with E-state index in [9.17, 15) is 5.11 Å². The molecule has 0 amide bonds. The van der Waals surface area contributed by atoms with E-state index in [1.54, 1.807) is 11.1 Å². The summed E-state index contributed by atoms with van der Waals surface area (Å²) in [4.78, 5) is 2.26. The Bertz CT molecular complexity index is 2630. The Morgan fingerprint density at radius 2 is 0.686 bits per heavy atom. The van der Waals surface area contributed by atoms with Crippen LogP contribution in [0.15, 0.2) is 47.6 Å². The van der Waals surface area contributed by atoms with Gasteiger partial charge < -0.3 is 38.4 Å². The molecule has 8 rings (SSSR count). The predicted molar refractivity (Wildman–Crippen MR) is 508 cm³/mol. The molecule has 0 spiro atoms. The quantitative estimate of drug-likeness (QED) is 0.0477. The van der Waals surface area contributed by atoms with E-state index >= 15 is 0 Å². The van der Waals surface area contributed by atoms with Crippen LogP contribution in [0.4, 0.5) is 0 Å². The van der Waals surface area contributed by atoms with Crippen LogP contribution in [0.5, 0.6) is 0 Å². The van der Waals surface area contributed by atoms with Crippen molar-refractivity contribution in [2.45, 2.75) is 480 Å². The molecule has 0 aromatic heterocycles. The first-order valence-electron chi connectivity index (χ1n) is 52.9. The van der Waals surface area contributed by atoms with Gasteiger partial charge in [-0.15, -0.1) is 0 Å². The Morgan fingerprint density at radius 1 is 0.364 bits per heavy atom. The van der Waals surface area contributed by atoms with Crippen molar-refractivity contribution < 1.29 is 33.5 Å². The zero-order valence-corrected chi connectivity index (χ0v) is 81.1. The van der Waals surface area contributed by atoms with Crippen LogP contribution in [-0.2, 0) is 28.4 Å². The summed E-state index contributed by atoms with van der Waals surface area (Å²) in [6, 6.07) is 0.335. The van der Waals surface area contributed by atoms with E-state index in [-0.39, 0.29) is 0 Å². The molecule has 8 heteroatoms. The monoisotopic (exact) mass is 1650 g/mol. The molecule has 0 aromatic rings. The highest BCUT2D eigenvalue weighted by Crippen LogP contribution is 2.69. The number of unbranched alkanes of at least 4 members (excludes halogenated alkanes) is 30. The summed E-state index contributed by atoms with van der Waals surface area (Å²) in [6.07, 6.45) is 92.7. The largest absolute Gasteiger partial charge is 0.388 e. The summed E-state index contributed by atoms with van der Waals surface area (Å²) in [7, 11) is 4.31. The zero-order valence-electron chi connectivity index (χ0n) is 81.1. The third kappa shape index (κ3) is 36.1. The normalized spacial score (nSPS) is 29.1. The average molecular weight is 1650 g/mol. The lowest BCUT2D eigenvalue weighted by Crippen LogP contribution is -2.51. The first-order valence-corrected chi connectivity index (χ1v) is 52.9. The minimum atomic E-state index is -0.517. The molecule has 0 aromatic carbocycles. The summed E-state index contributed by atoms with van der Waals surface area (Å²) in [5.41, 5.74) is 5.53. The number of hydrogen-bond acceptors (Lipinski definition) is 8. The van der Waals surface area contributed by atoms with E-state index < -0.39 is 6.10 Å². The van der Waals surface area contributed by atoms with Gasteiger partial charge >= 0.3 is 0 Å². The van der Waals surface area contributed by atoms with Crippen molar-refractivity contribution in [1.29, 1.82) is 0 Å². The minimum Gasteiger partial charge on any atom is -0.388 e. The topological polar surface area (TPSA) is 78.9 Å². The number of hydrogen-bond donors (Lipinski definition) is 1. The van der Waals surface area contributed by atoms with Crippen molar-refractivity contribution in [3.63, 3.8) is 0 Å². The number of fused-ring (bicyclic) bond motifs is 10. The molecule has 0 saturated heterocycles. The molecule has 8 aliphatic carbocycles. The Hall–Kier alpha value is -1.36. The molecule has 0 aliphatic heterocycles. The molecule has 0 heterocycles. The van der Waals surface area contributed by atoms with Gasteiger partial charge in [-0.3, -0.25) is 0 Å². The fourth-order valence-electron chi connectivity index (χ4n) is 25.6. The molecular weight excluding hydrogens is 1450 g/mol. The highest BCUT2D eigenvalue weighted by molar-refractivity contribution is 5.27. The summed E-state index contributed by atoms with van der Waals surface area (Å²) in [6.45, 7) is 37.5. The van der Waals surface area contributed by atoms with Crippen molar-refractivity contribution in [3.05, 3.63) is 47.6 Å². The minimum absolute atomic E-state index is 0.335. The van der Waals surface area contributed by atoms with Gasteiger partial charge in [-0.25, -0.2) is 0 Å². The molecule has 6 fully saturated rings. The molecule has 688 valence electrons. The van der Waals surface area contributed by atoms with E-state index in [0.29, 0.717) is 53.1 Å². The number of likely N-dealkylation sites (N-methyl/N-ethyl adjacent to an activating group) is 1. The van der Waals surface area contributed by atoms with Crippen LogP contribution in [0.2, 0.25) is 0 Å². The number of aliphatic hydroxyl groups is 1. The maximum Gasteiger partial charge on any atom is 0.101 e. The molecule has 8 nitrogen and oxygen atoms in total. The number of nitrogens with zero attached hydrogens (tertiary/aromatic N) is 1. The Morgan fingerprint density at radius 3 is 1.03 bits per heavy atom. The number of ether oxygens (including phenoxy) is 6. The summed E-state index contributed by atoms with van der Waals surface area (Å²) in [5, 5.41) is 10.3. The van der Waals surface area contributed by atoms with Crippen LogP contribution >= 0.6 is 0 Å². The van der Waals surface area contributed by atoms with Crippen LogP contribution in [0.1, 0.15) is 455 Å². The first kappa shape index (κ1) is 104. The van der Waals surface area contributed by atoms with E-state index in [1.165, 1.54) is 347 Å². The maximum atomic E-state index is 10.3. The second kappa shape index (κ2) is 59.6. The van der Waals surface area contributed by atoms with Gasteiger partial charge in [0.15, 0.2) is 0 Å². The number of aliphatic hydroxyl groups excluding tert-OH is 1. The molecule has 1 N–H and O–H groups in total. The van der Waals surface area contributed by atoms with Crippen LogP contribution in [0.3, 0.4) is 0 Å². The van der Waals surface area contributed by atoms with Gasteiger partial charge in [0.05, 0.1) is 44.7 Å². The highest BCUT2D eigenvalue weighted by atomic mass is 16.5. The lowest BCUT2D eigenvalue weighted by Gasteiger charge is -2.58. The lowest BCUT2D eigenvalue weighted by atomic mass is 9.47. The van der Waals surface area contributed by atoms with E-state index in [0.717, 1.165) is 150 Å². The third-order valence-electron chi connectivity index (χ3n) is 33.2. The molecule has 6 saturated carbocycles. The molecule has 4 unspecified atom stereocenters. The van der Waals surface area contributed by atoms with Crippen molar-refractivity contribution in [3.8, 4) is 0 Å². The fourth-order valence-corrected chi connectivity index (χ4v) is 25.6. The van der Waals surface area contributed by atoms with Gasteiger partial charge in [-0.05, 0) is 299 Å². The molecule has 18 atom stereocenters. The van der Waals surface area contributed by atoms with Crippen LogP contribution < -0.4 is 0 Å². The van der Waals surface area contributed by atoms with Crippen molar-refractivity contribution in [2.75, 3.05) is 80.2 Å². The second-order valence-electron chi connectivity index (χ2n) is 43.3. The van der Waals surface area contributed by atoms with Gasteiger partial charge in [0.1, 0.15) is 6.10 Å². The molecule has 0 bridgehead atoms. The van der Waals surface area contributed by atoms with Crippen LogP contribution in [-0.4, -0.2) is 115 Å².